The number of aromatic nitrogens is 2. The van der Waals surface area contributed by atoms with Crippen molar-refractivity contribution in [3.63, 3.8) is 0 Å². The van der Waals surface area contributed by atoms with Crippen LogP contribution in [0.5, 0.6) is 5.75 Å². The highest BCUT2D eigenvalue weighted by molar-refractivity contribution is 9.10. The van der Waals surface area contributed by atoms with Crippen LogP contribution in [0.1, 0.15) is 25.1 Å². The molecule has 0 radical (unpaired) electrons. The topological polar surface area (TPSA) is 63.9 Å². The highest BCUT2D eigenvalue weighted by atomic mass is 79.9. The molecule has 0 saturated heterocycles. The molecule has 0 saturated carbocycles. The summed E-state index contributed by atoms with van der Waals surface area (Å²) in [4.78, 5) is 7.78. The number of halogens is 1. The summed E-state index contributed by atoms with van der Waals surface area (Å²) in [5.41, 5.74) is 7.65. The van der Waals surface area contributed by atoms with E-state index < -0.39 is 0 Å². The van der Waals surface area contributed by atoms with E-state index in [1.54, 1.807) is 7.11 Å². The van der Waals surface area contributed by atoms with Gasteiger partial charge in [0.2, 0.25) is 0 Å². The Morgan fingerprint density at radius 2 is 2.26 bits per heavy atom. The molecule has 0 bridgehead atoms. The highest BCUT2D eigenvalue weighted by Gasteiger charge is 2.11. The molecule has 0 aliphatic rings. The van der Waals surface area contributed by atoms with E-state index in [2.05, 4.69) is 32.8 Å². The Bertz CT molecular complexity index is 553. The van der Waals surface area contributed by atoms with E-state index in [-0.39, 0.29) is 0 Å². The Morgan fingerprint density at radius 3 is 2.89 bits per heavy atom. The number of methoxy groups -OCH3 is 1. The standard InChI is InChI=1S/C14H18BrN3O/c1-9(5-6-16)14-17-8-12(18-14)10-3-4-13(19-2)11(15)7-10/h3-4,7-9H,5-6,16H2,1-2H3,(H,17,18). The Morgan fingerprint density at radius 1 is 1.47 bits per heavy atom. The summed E-state index contributed by atoms with van der Waals surface area (Å²) in [5.74, 6) is 2.15. The van der Waals surface area contributed by atoms with Gasteiger partial charge in [0.15, 0.2) is 0 Å². The van der Waals surface area contributed by atoms with E-state index >= 15 is 0 Å². The average molecular weight is 324 g/mol. The van der Waals surface area contributed by atoms with Crippen LogP contribution in [-0.2, 0) is 0 Å². The lowest BCUT2D eigenvalue weighted by molar-refractivity contribution is 0.412. The predicted molar refractivity (Wildman–Crippen MR) is 80.4 cm³/mol. The van der Waals surface area contributed by atoms with Crippen LogP contribution in [-0.4, -0.2) is 23.6 Å². The second-order valence-corrected chi connectivity index (χ2v) is 5.36. The zero-order valence-electron chi connectivity index (χ0n) is 11.1. The van der Waals surface area contributed by atoms with E-state index in [1.165, 1.54) is 0 Å². The third kappa shape index (κ3) is 3.16. The van der Waals surface area contributed by atoms with Gasteiger partial charge >= 0.3 is 0 Å². The SMILES string of the molecule is COc1ccc(-c2cnc(C(C)CCN)[nH]2)cc1Br. The van der Waals surface area contributed by atoms with Crippen molar-refractivity contribution in [1.82, 2.24) is 9.97 Å². The molecular formula is C14H18BrN3O. The second-order valence-electron chi connectivity index (χ2n) is 4.51. The van der Waals surface area contributed by atoms with Gasteiger partial charge in [0, 0.05) is 11.5 Å². The number of hydrogen-bond acceptors (Lipinski definition) is 3. The zero-order chi connectivity index (χ0) is 13.8. The molecule has 2 rings (SSSR count). The summed E-state index contributed by atoms with van der Waals surface area (Å²) in [6.45, 7) is 2.80. The van der Waals surface area contributed by atoms with Gasteiger partial charge in [-0.25, -0.2) is 4.98 Å². The number of imidazole rings is 1. The molecule has 19 heavy (non-hydrogen) atoms. The van der Waals surface area contributed by atoms with Crippen LogP contribution in [0.4, 0.5) is 0 Å². The summed E-state index contributed by atoms with van der Waals surface area (Å²) in [5, 5.41) is 0. The fourth-order valence-corrected chi connectivity index (χ4v) is 2.50. The molecule has 1 unspecified atom stereocenters. The fourth-order valence-electron chi connectivity index (χ4n) is 1.95. The van der Waals surface area contributed by atoms with Crippen molar-refractivity contribution in [2.45, 2.75) is 19.3 Å². The quantitative estimate of drug-likeness (QED) is 0.887. The molecule has 0 aliphatic carbocycles. The van der Waals surface area contributed by atoms with Crippen molar-refractivity contribution in [2.75, 3.05) is 13.7 Å². The molecule has 1 heterocycles. The maximum absolute atomic E-state index is 5.57. The summed E-state index contributed by atoms with van der Waals surface area (Å²) in [6, 6.07) is 5.96. The first kappa shape index (κ1) is 14.1. The van der Waals surface area contributed by atoms with Crippen molar-refractivity contribution >= 4 is 15.9 Å². The van der Waals surface area contributed by atoms with Crippen molar-refractivity contribution in [3.05, 3.63) is 34.7 Å². The molecule has 1 aromatic carbocycles. The number of rotatable bonds is 5. The van der Waals surface area contributed by atoms with E-state index in [9.17, 15) is 0 Å². The number of aromatic amines is 1. The first-order valence-electron chi connectivity index (χ1n) is 6.24. The summed E-state index contributed by atoms with van der Waals surface area (Å²) >= 11 is 3.49. The van der Waals surface area contributed by atoms with Gasteiger partial charge < -0.3 is 15.5 Å². The molecule has 4 nitrogen and oxygen atoms in total. The smallest absolute Gasteiger partial charge is 0.133 e. The first-order chi connectivity index (χ1) is 9.15. The molecule has 0 amide bonds. The molecule has 1 aromatic heterocycles. The van der Waals surface area contributed by atoms with Crippen molar-refractivity contribution < 1.29 is 4.74 Å². The zero-order valence-corrected chi connectivity index (χ0v) is 12.7. The first-order valence-corrected chi connectivity index (χ1v) is 7.04. The normalized spacial score (nSPS) is 12.4. The van der Waals surface area contributed by atoms with Crippen molar-refractivity contribution in [2.24, 2.45) is 5.73 Å². The Hall–Kier alpha value is -1.33. The molecule has 0 aliphatic heterocycles. The Labute approximate surface area is 121 Å². The average Bonchev–Trinajstić information content (AvgIpc) is 2.88. The summed E-state index contributed by atoms with van der Waals surface area (Å²) in [7, 11) is 1.66. The number of nitrogens with two attached hydrogens (primary N) is 1. The van der Waals surface area contributed by atoms with E-state index in [0.29, 0.717) is 12.5 Å². The third-order valence-electron chi connectivity index (χ3n) is 3.12. The third-order valence-corrected chi connectivity index (χ3v) is 3.74. The molecule has 0 spiro atoms. The maximum atomic E-state index is 5.57. The minimum Gasteiger partial charge on any atom is -0.496 e. The number of ether oxygens (including phenoxy) is 1. The van der Waals surface area contributed by atoms with E-state index in [4.69, 9.17) is 10.5 Å². The molecule has 3 N–H and O–H groups in total. The van der Waals surface area contributed by atoms with Crippen LogP contribution in [0.2, 0.25) is 0 Å². The number of benzene rings is 1. The largest absolute Gasteiger partial charge is 0.496 e. The second kappa shape index (κ2) is 6.21. The predicted octanol–water partition coefficient (Wildman–Crippen LogP) is 3.30. The van der Waals surface area contributed by atoms with Gasteiger partial charge in [0.05, 0.1) is 23.5 Å². The highest BCUT2D eigenvalue weighted by Crippen LogP contribution is 2.30. The minimum absolute atomic E-state index is 0.348. The van der Waals surface area contributed by atoms with Gasteiger partial charge in [-0.2, -0.15) is 0 Å². The summed E-state index contributed by atoms with van der Waals surface area (Å²) in [6.07, 6.45) is 2.79. The van der Waals surface area contributed by atoms with Crippen LogP contribution in [0, 0.1) is 0 Å². The maximum Gasteiger partial charge on any atom is 0.133 e. The lowest BCUT2D eigenvalue weighted by atomic mass is 10.1. The number of nitrogens with one attached hydrogen (secondary N) is 1. The van der Waals surface area contributed by atoms with Crippen LogP contribution < -0.4 is 10.5 Å². The summed E-state index contributed by atoms with van der Waals surface area (Å²) < 4.78 is 6.15. The van der Waals surface area contributed by atoms with E-state index in [1.807, 2.05) is 24.4 Å². The van der Waals surface area contributed by atoms with Gasteiger partial charge in [-0.3, -0.25) is 0 Å². The molecule has 1 atom stereocenters. The molecule has 5 heteroatoms. The molecule has 102 valence electrons. The van der Waals surface area contributed by atoms with Gasteiger partial charge in [-0.05, 0) is 47.1 Å². The number of hydrogen-bond donors (Lipinski definition) is 2. The lowest BCUT2D eigenvalue weighted by Gasteiger charge is -2.06. The molecule has 2 aromatic rings. The Kier molecular flexibility index (Phi) is 4.61. The van der Waals surface area contributed by atoms with Gasteiger partial charge in [-0.1, -0.05) is 6.92 Å². The number of H-pyrrole nitrogens is 1. The molecule has 0 fully saturated rings. The van der Waals surface area contributed by atoms with Crippen molar-refractivity contribution in [1.29, 1.82) is 0 Å². The monoisotopic (exact) mass is 323 g/mol. The fraction of sp³-hybridized carbons (Fsp3) is 0.357. The number of nitrogens with zero attached hydrogens (tertiary/aromatic N) is 1. The van der Waals surface area contributed by atoms with Crippen molar-refractivity contribution in [3.8, 4) is 17.0 Å². The minimum atomic E-state index is 0.348. The van der Waals surface area contributed by atoms with Crippen LogP contribution in [0.3, 0.4) is 0 Å². The lowest BCUT2D eigenvalue weighted by Crippen LogP contribution is -2.05. The van der Waals surface area contributed by atoms with Gasteiger partial charge in [0.1, 0.15) is 11.6 Å². The van der Waals surface area contributed by atoms with E-state index in [0.717, 1.165) is 33.7 Å². The Balaban J connectivity index is 2.25. The van der Waals surface area contributed by atoms with Crippen LogP contribution >= 0.6 is 15.9 Å². The van der Waals surface area contributed by atoms with Gasteiger partial charge in [-0.15, -0.1) is 0 Å². The van der Waals surface area contributed by atoms with Crippen LogP contribution in [0.15, 0.2) is 28.9 Å². The van der Waals surface area contributed by atoms with Gasteiger partial charge in [0.25, 0.3) is 0 Å². The van der Waals surface area contributed by atoms with Crippen LogP contribution in [0.25, 0.3) is 11.3 Å². The molecular weight excluding hydrogens is 306 g/mol.